The van der Waals surface area contributed by atoms with E-state index in [1.807, 2.05) is 13.0 Å². The second-order valence-corrected chi connectivity index (χ2v) is 7.12. The summed E-state index contributed by atoms with van der Waals surface area (Å²) in [6.07, 6.45) is 0.774. The molecule has 0 radical (unpaired) electrons. The van der Waals surface area contributed by atoms with E-state index in [9.17, 15) is 4.79 Å². The highest BCUT2D eigenvalue weighted by atomic mass is 35.5. The molecule has 2 heterocycles. The Kier molecular flexibility index (Phi) is 5.82. The molecule has 0 aliphatic carbocycles. The number of hydrogen-bond donors (Lipinski definition) is 1. The molecule has 2 aromatic rings. The summed E-state index contributed by atoms with van der Waals surface area (Å²) in [5, 5.41) is 1.04. The molecule has 0 saturated heterocycles. The number of ether oxygens (including phenoxy) is 1. The number of carbonyl (C=O) groups excluding carboxylic acids is 1. The summed E-state index contributed by atoms with van der Waals surface area (Å²) in [6, 6.07) is 5.28. The molecule has 1 aliphatic rings. The number of methoxy groups -OCH3 is 1. The maximum absolute atomic E-state index is 13.1. The van der Waals surface area contributed by atoms with Gasteiger partial charge in [-0.3, -0.25) is 9.78 Å². The van der Waals surface area contributed by atoms with E-state index in [-0.39, 0.29) is 12.5 Å². The molecular formula is C19H21Cl2N3O2. The number of pyridine rings is 1. The molecule has 26 heavy (non-hydrogen) atoms. The Balaban J connectivity index is 2.13. The molecule has 0 fully saturated rings. The van der Waals surface area contributed by atoms with Crippen molar-refractivity contribution in [3.05, 3.63) is 50.8 Å². The number of aryl methyl sites for hydroxylation is 1. The van der Waals surface area contributed by atoms with Crippen molar-refractivity contribution in [3.8, 4) is 11.1 Å². The number of amides is 1. The van der Waals surface area contributed by atoms with Gasteiger partial charge in [-0.25, -0.2) is 0 Å². The molecule has 7 heteroatoms. The summed E-state index contributed by atoms with van der Waals surface area (Å²) in [5.74, 6) is -0.0423. The van der Waals surface area contributed by atoms with Crippen LogP contribution in [0.1, 0.15) is 33.7 Å². The van der Waals surface area contributed by atoms with Gasteiger partial charge in [0.1, 0.15) is 0 Å². The molecule has 1 amide bonds. The van der Waals surface area contributed by atoms with E-state index in [2.05, 4.69) is 4.98 Å². The zero-order chi connectivity index (χ0) is 18.8. The normalized spacial score (nSPS) is 13.4. The van der Waals surface area contributed by atoms with Crippen LogP contribution >= 0.6 is 23.2 Å². The summed E-state index contributed by atoms with van der Waals surface area (Å²) < 4.78 is 5.09. The highest BCUT2D eigenvalue weighted by Crippen LogP contribution is 2.39. The highest BCUT2D eigenvalue weighted by Gasteiger charge is 2.34. The molecule has 2 N–H and O–H groups in total. The number of fused-ring (bicyclic) bond motifs is 1. The van der Waals surface area contributed by atoms with Gasteiger partial charge in [-0.1, -0.05) is 29.3 Å². The van der Waals surface area contributed by atoms with Crippen LogP contribution in [0.15, 0.2) is 18.2 Å². The third-order valence-electron chi connectivity index (χ3n) is 4.60. The van der Waals surface area contributed by atoms with E-state index in [4.69, 9.17) is 33.7 Å². The largest absolute Gasteiger partial charge is 0.385 e. The number of nitrogens with two attached hydrogens (primary N) is 1. The minimum absolute atomic E-state index is 0.0423. The van der Waals surface area contributed by atoms with Gasteiger partial charge in [-0.2, -0.15) is 0 Å². The first-order valence-corrected chi connectivity index (χ1v) is 9.19. The van der Waals surface area contributed by atoms with Gasteiger partial charge >= 0.3 is 0 Å². The van der Waals surface area contributed by atoms with Crippen LogP contribution in [-0.4, -0.2) is 36.1 Å². The predicted octanol–water partition coefficient (Wildman–Crippen LogP) is 3.81. The fraction of sp³-hybridized carbons (Fsp3) is 0.368. The first kappa shape index (κ1) is 19.1. The van der Waals surface area contributed by atoms with Crippen molar-refractivity contribution in [1.82, 2.24) is 9.88 Å². The van der Waals surface area contributed by atoms with Crippen molar-refractivity contribution < 1.29 is 9.53 Å². The predicted molar refractivity (Wildman–Crippen MR) is 104 cm³/mol. The van der Waals surface area contributed by atoms with Gasteiger partial charge in [0.2, 0.25) is 0 Å². The molecule has 1 aliphatic heterocycles. The van der Waals surface area contributed by atoms with Crippen molar-refractivity contribution >= 4 is 29.1 Å². The minimum atomic E-state index is -0.0423. The van der Waals surface area contributed by atoms with E-state index >= 15 is 0 Å². The Labute approximate surface area is 163 Å². The summed E-state index contributed by atoms with van der Waals surface area (Å²) in [6.45, 7) is 3.90. The van der Waals surface area contributed by atoms with Gasteiger partial charge in [0.15, 0.2) is 0 Å². The average Bonchev–Trinajstić information content (AvgIpc) is 2.90. The number of carbonyl (C=O) groups is 1. The lowest BCUT2D eigenvalue weighted by molar-refractivity contribution is 0.0760. The third-order valence-corrected chi connectivity index (χ3v) is 5.15. The Hall–Kier alpha value is -1.66. The maximum atomic E-state index is 13.1. The fourth-order valence-electron chi connectivity index (χ4n) is 3.38. The zero-order valence-electron chi connectivity index (χ0n) is 14.8. The van der Waals surface area contributed by atoms with Crippen molar-refractivity contribution in [1.29, 1.82) is 0 Å². The summed E-state index contributed by atoms with van der Waals surface area (Å²) in [5.41, 5.74) is 10.5. The molecule has 0 bridgehead atoms. The molecule has 138 valence electrons. The summed E-state index contributed by atoms with van der Waals surface area (Å²) in [4.78, 5) is 19.5. The van der Waals surface area contributed by atoms with Crippen LogP contribution < -0.4 is 5.73 Å². The van der Waals surface area contributed by atoms with E-state index < -0.39 is 0 Å². The maximum Gasteiger partial charge on any atom is 0.256 e. The lowest BCUT2D eigenvalue weighted by atomic mass is 9.93. The zero-order valence-corrected chi connectivity index (χ0v) is 16.3. The smallest absolute Gasteiger partial charge is 0.256 e. The second kappa shape index (κ2) is 7.92. The molecule has 0 atom stereocenters. The van der Waals surface area contributed by atoms with E-state index in [0.29, 0.717) is 35.3 Å². The highest BCUT2D eigenvalue weighted by molar-refractivity contribution is 6.36. The molecule has 1 aromatic heterocycles. The van der Waals surface area contributed by atoms with Crippen molar-refractivity contribution in [2.75, 3.05) is 20.3 Å². The minimum Gasteiger partial charge on any atom is -0.385 e. The quantitative estimate of drug-likeness (QED) is 0.757. The summed E-state index contributed by atoms with van der Waals surface area (Å²) in [7, 11) is 1.65. The number of benzene rings is 1. The second-order valence-electron chi connectivity index (χ2n) is 6.27. The van der Waals surface area contributed by atoms with Crippen LogP contribution in [0.4, 0.5) is 0 Å². The van der Waals surface area contributed by atoms with Crippen molar-refractivity contribution in [2.24, 2.45) is 5.73 Å². The van der Waals surface area contributed by atoms with Gasteiger partial charge in [-0.05, 0) is 31.0 Å². The van der Waals surface area contributed by atoms with Gasteiger partial charge < -0.3 is 15.4 Å². The molecule has 0 saturated carbocycles. The molecule has 5 nitrogen and oxygen atoms in total. The van der Waals surface area contributed by atoms with Gasteiger partial charge in [0, 0.05) is 53.7 Å². The van der Waals surface area contributed by atoms with Crippen LogP contribution in [0.3, 0.4) is 0 Å². The van der Waals surface area contributed by atoms with E-state index in [0.717, 1.165) is 34.5 Å². The molecule has 1 aromatic carbocycles. The topological polar surface area (TPSA) is 68.4 Å². The number of rotatable bonds is 6. The summed E-state index contributed by atoms with van der Waals surface area (Å²) >= 11 is 12.5. The van der Waals surface area contributed by atoms with Crippen LogP contribution in [0.5, 0.6) is 0 Å². The van der Waals surface area contributed by atoms with E-state index in [1.54, 1.807) is 24.1 Å². The first-order valence-electron chi connectivity index (χ1n) is 8.44. The molecule has 3 rings (SSSR count). The van der Waals surface area contributed by atoms with Crippen LogP contribution in [0.2, 0.25) is 10.0 Å². The monoisotopic (exact) mass is 393 g/mol. The standard InChI is InChI=1S/C19H21Cl2N3O2/c1-11-14(9-22)17(13-5-4-12(20)8-15(13)21)18-16(23-11)10-24(19(18)25)6-3-7-26-2/h4-5,8H,3,6-7,9-10,22H2,1-2H3. The fourth-order valence-corrected chi connectivity index (χ4v) is 3.88. The number of nitrogens with zero attached hydrogens (tertiary/aromatic N) is 2. The average molecular weight is 394 g/mol. The van der Waals surface area contributed by atoms with Gasteiger partial charge in [-0.15, -0.1) is 0 Å². The Morgan fingerprint density at radius 3 is 2.73 bits per heavy atom. The Bertz CT molecular complexity index is 855. The molecular weight excluding hydrogens is 373 g/mol. The number of halogens is 2. The lowest BCUT2D eigenvalue weighted by Gasteiger charge is -2.17. The number of aromatic nitrogens is 1. The van der Waals surface area contributed by atoms with Crippen molar-refractivity contribution in [3.63, 3.8) is 0 Å². The third kappa shape index (κ3) is 3.45. The molecule has 0 unspecified atom stereocenters. The SMILES string of the molecule is COCCCN1Cc2nc(C)c(CN)c(-c3ccc(Cl)cc3Cl)c2C1=O. The number of hydrogen-bond acceptors (Lipinski definition) is 4. The van der Waals surface area contributed by atoms with Crippen LogP contribution in [0, 0.1) is 6.92 Å². The lowest BCUT2D eigenvalue weighted by Crippen LogP contribution is -2.26. The first-order chi connectivity index (χ1) is 12.5. The molecule has 0 spiro atoms. The van der Waals surface area contributed by atoms with E-state index in [1.165, 1.54) is 0 Å². The van der Waals surface area contributed by atoms with Crippen LogP contribution in [0.25, 0.3) is 11.1 Å². The Morgan fingerprint density at radius 2 is 2.08 bits per heavy atom. The van der Waals surface area contributed by atoms with Crippen LogP contribution in [-0.2, 0) is 17.8 Å². The van der Waals surface area contributed by atoms with Gasteiger partial charge in [0.05, 0.1) is 17.8 Å². The van der Waals surface area contributed by atoms with Crippen molar-refractivity contribution in [2.45, 2.75) is 26.4 Å². The van der Waals surface area contributed by atoms with Gasteiger partial charge in [0.25, 0.3) is 5.91 Å². The Morgan fingerprint density at radius 1 is 1.31 bits per heavy atom.